The third-order valence-electron chi connectivity index (χ3n) is 3.13. The minimum absolute atomic E-state index is 0.00122. The van der Waals surface area contributed by atoms with Gasteiger partial charge in [-0.05, 0) is 25.3 Å². The van der Waals surface area contributed by atoms with Gasteiger partial charge in [-0.25, -0.2) is 12.7 Å². The fraction of sp³-hybridized carbons (Fsp3) is 0.909. The topological polar surface area (TPSA) is 95.9 Å². The number of nitrogens with one attached hydrogen (secondary N) is 1. The smallest absolute Gasteiger partial charge is 0.317 e. The minimum atomic E-state index is -3.26. The molecule has 7 nitrogen and oxygen atoms in total. The molecule has 19 heavy (non-hydrogen) atoms. The first kappa shape index (κ1) is 16.4. The van der Waals surface area contributed by atoms with E-state index in [1.807, 2.05) is 0 Å². The number of nitrogens with zero attached hydrogens (tertiary/aromatic N) is 1. The van der Waals surface area contributed by atoms with Crippen molar-refractivity contribution in [2.75, 3.05) is 45.6 Å². The first-order valence-corrected chi connectivity index (χ1v) is 7.96. The van der Waals surface area contributed by atoms with Crippen molar-refractivity contribution in [2.45, 2.75) is 12.8 Å². The highest BCUT2D eigenvalue weighted by Gasteiger charge is 2.28. The van der Waals surface area contributed by atoms with E-state index in [0.717, 1.165) is 12.8 Å². The number of carboxylic acids is 1. The molecule has 1 fully saturated rings. The van der Waals surface area contributed by atoms with Gasteiger partial charge in [0.1, 0.15) is 0 Å². The summed E-state index contributed by atoms with van der Waals surface area (Å²) in [5, 5.41) is 11.4. The molecule has 1 aliphatic heterocycles. The molecule has 0 spiro atoms. The monoisotopic (exact) mass is 294 g/mol. The summed E-state index contributed by atoms with van der Waals surface area (Å²) in [7, 11) is -1.78. The van der Waals surface area contributed by atoms with E-state index in [9.17, 15) is 13.2 Å². The van der Waals surface area contributed by atoms with E-state index in [0.29, 0.717) is 19.6 Å². The number of methoxy groups -OCH3 is 1. The van der Waals surface area contributed by atoms with Crippen molar-refractivity contribution in [1.29, 1.82) is 0 Å². The average Bonchev–Trinajstić information content (AvgIpc) is 2.36. The van der Waals surface area contributed by atoms with E-state index < -0.39 is 16.0 Å². The SMILES string of the molecule is COCCS(=O)(=O)N1CCCC(CNCC(=O)O)C1. The van der Waals surface area contributed by atoms with Crippen LogP contribution in [0.3, 0.4) is 0 Å². The Hall–Kier alpha value is -0.700. The van der Waals surface area contributed by atoms with E-state index in [1.165, 1.54) is 11.4 Å². The van der Waals surface area contributed by atoms with Gasteiger partial charge in [0, 0.05) is 20.2 Å². The molecule has 1 aliphatic rings. The second-order valence-corrected chi connectivity index (χ2v) is 6.79. The van der Waals surface area contributed by atoms with Crippen molar-refractivity contribution in [1.82, 2.24) is 9.62 Å². The Morgan fingerprint density at radius 1 is 1.53 bits per heavy atom. The van der Waals surface area contributed by atoms with Crippen LogP contribution in [0.4, 0.5) is 0 Å². The van der Waals surface area contributed by atoms with E-state index >= 15 is 0 Å². The molecule has 1 heterocycles. The van der Waals surface area contributed by atoms with Crippen LogP contribution in [0.2, 0.25) is 0 Å². The second-order valence-electron chi connectivity index (χ2n) is 4.70. The third-order valence-corrected chi connectivity index (χ3v) is 4.93. The Labute approximate surface area is 114 Å². The molecule has 1 saturated heterocycles. The van der Waals surface area contributed by atoms with Gasteiger partial charge in [0.2, 0.25) is 10.0 Å². The molecular formula is C11H22N2O5S. The van der Waals surface area contributed by atoms with Crippen LogP contribution in [0, 0.1) is 5.92 Å². The molecule has 0 saturated carbocycles. The van der Waals surface area contributed by atoms with E-state index in [2.05, 4.69) is 5.32 Å². The molecule has 8 heteroatoms. The highest BCUT2D eigenvalue weighted by molar-refractivity contribution is 7.89. The van der Waals surface area contributed by atoms with Gasteiger partial charge in [-0.1, -0.05) is 0 Å². The maximum absolute atomic E-state index is 12.0. The van der Waals surface area contributed by atoms with Gasteiger partial charge >= 0.3 is 5.97 Å². The molecule has 1 unspecified atom stereocenters. The lowest BCUT2D eigenvalue weighted by molar-refractivity contribution is -0.136. The van der Waals surface area contributed by atoms with Crippen LogP contribution < -0.4 is 5.32 Å². The Kier molecular flexibility index (Phi) is 6.70. The standard InChI is InChI=1S/C11H22N2O5S/c1-18-5-6-19(16,17)13-4-2-3-10(9-13)7-12-8-11(14)15/h10,12H,2-9H2,1H3,(H,14,15). The second kappa shape index (κ2) is 7.78. The highest BCUT2D eigenvalue weighted by atomic mass is 32.2. The number of hydrogen-bond donors (Lipinski definition) is 2. The molecule has 1 atom stereocenters. The summed E-state index contributed by atoms with van der Waals surface area (Å²) in [6.45, 7) is 1.64. The number of piperidine rings is 1. The van der Waals surface area contributed by atoms with Crippen LogP contribution in [-0.4, -0.2) is 69.4 Å². The van der Waals surface area contributed by atoms with Crippen LogP contribution in [0.1, 0.15) is 12.8 Å². The van der Waals surface area contributed by atoms with Gasteiger partial charge < -0.3 is 15.2 Å². The molecule has 0 radical (unpaired) electrons. The van der Waals surface area contributed by atoms with Crippen molar-refractivity contribution in [3.63, 3.8) is 0 Å². The van der Waals surface area contributed by atoms with Crippen molar-refractivity contribution in [3.05, 3.63) is 0 Å². The average molecular weight is 294 g/mol. The Morgan fingerprint density at radius 3 is 2.89 bits per heavy atom. The molecule has 2 N–H and O–H groups in total. The largest absolute Gasteiger partial charge is 0.480 e. The highest BCUT2D eigenvalue weighted by Crippen LogP contribution is 2.18. The first-order chi connectivity index (χ1) is 8.95. The van der Waals surface area contributed by atoms with Crippen molar-refractivity contribution in [2.24, 2.45) is 5.92 Å². The lowest BCUT2D eigenvalue weighted by Gasteiger charge is -2.32. The third kappa shape index (κ3) is 5.85. The summed E-state index contributed by atoms with van der Waals surface area (Å²) in [5.74, 6) is -0.732. The summed E-state index contributed by atoms with van der Waals surface area (Å²) in [5.41, 5.74) is 0. The number of carboxylic acid groups (broad SMARTS) is 1. The molecule has 0 aromatic heterocycles. The molecule has 0 aromatic rings. The van der Waals surface area contributed by atoms with E-state index in [-0.39, 0.29) is 24.8 Å². The summed E-state index contributed by atoms with van der Waals surface area (Å²) in [4.78, 5) is 10.4. The summed E-state index contributed by atoms with van der Waals surface area (Å²) < 4.78 is 30.3. The zero-order valence-electron chi connectivity index (χ0n) is 11.2. The fourth-order valence-corrected chi connectivity index (χ4v) is 3.63. The van der Waals surface area contributed by atoms with Crippen LogP contribution in [-0.2, 0) is 19.6 Å². The maximum Gasteiger partial charge on any atom is 0.317 e. The van der Waals surface area contributed by atoms with Gasteiger partial charge in [-0.15, -0.1) is 0 Å². The predicted molar refractivity (Wildman–Crippen MR) is 70.5 cm³/mol. The van der Waals surface area contributed by atoms with Gasteiger partial charge in [-0.3, -0.25) is 4.79 Å². The van der Waals surface area contributed by atoms with Crippen LogP contribution in [0.25, 0.3) is 0 Å². The molecule has 1 rings (SSSR count). The van der Waals surface area contributed by atoms with E-state index in [1.54, 1.807) is 0 Å². The normalized spacial score (nSPS) is 21.4. The van der Waals surface area contributed by atoms with Crippen LogP contribution >= 0.6 is 0 Å². The Morgan fingerprint density at radius 2 is 2.26 bits per heavy atom. The zero-order chi connectivity index (χ0) is 14.3. The fourth-order valence-electron chi connectivity index (χ4n) is 2.15. The van der Waals surface area contributed by atoms with E-state index in [4.69, 9.17) is 9.84 Å². The molecule has 112 valence electrons. The molecule has 0 aliphatic carbocycles. The molecule has 0 amide bonds. The van der Waals surface area contributed by atoms with Crippen molar-refractivity contribution < 1.29 is 23.1 Å². The summed E-state index contributed by atoms with van der Waals surface area (Å²) >= 11 is 0. The lowest BCUT2D eigenvalue weighted by Crippen LogP contribution is -2.44. The van der Waals surface area contributed by atoms with Gasteiger partial charge in [0.05, 0.1) is 18.9 Å². The molecule has 0 bridgehead atoms. The predicted octanol–water partition coefficient (Wildman–Crippen LogP) is -0.651. The number of hydrogen-bond acceptors (Lipinski definition) is 5. The quantitative estimate of drug-likeness (QED) is 0.617. The number of sulfonamides is 1. The Balaban J connectivity index is 2.43. The number of carbonyl (C=O) groups is 1. The van der Waals surface area contributed by atoms with Gasteiger partial charge in [-0.2, -0.15) is 0 Å². The summed E-state index contributed by atoms with van der Waals surface area (Å²) in [6.07, 6.45) is 1.73. The zero-order valence-corrected chi connectivity index (χ0v) is 12.0. The van der Waals surface area contributed by atoms with Crippen molar-refractivity contribution in [3.8, 4) is 0 Å². The first-order valence-electron chi connectivity index (χ1n) is 6.35. The maximum atomic E-state index is 12.0. The summed E-state index contributed by atoms with van der Waals surface area (Å²) in [6, 6.07) is 0. The molecule has 0 aromatic carbocycles. The van der Waals surface area contributed by atoms with Crippen molar-refractivity contribution >= 4 is 16.0 Å². The number of rotatable bonds is 8. The van der Waals surface area contributed by atoms with Gasteiger partial charge in [0.15, 0.2) is 0 Å². The minimum Gasteiger partial charge on any atom is -0.480 e. The molecular weight excluding hydrogens is 272 g/mol. The van der Waals surface area contributed by atoms with Crippen LogP contribution in [0.15, 0.2) is 0 Å². The lowest BCUT2D eigenvalue weighted by atomic mass is 10.00. The number of ether oxygens (including phenoxy) is 1. The van der Waals surface area contributed by atoms with Crippen LogP contribution in [0.5, 0.6) is 0 Å². The Bertz CT molecular complexity index is 385. The number of aliphatic carboxylic acids is 1. The van der Waals surface area contributed by atoms with Gasteiger partial charge in [0.25, 0.3) is 0 Å².